The third kappa shape index (κ3) is 8.43. The van der Waals surface area contributed by atoms with E-state index in [1.807, 2.05) is 66.7 Å². The molecule has 0 unspecified atom stereocenters. The van der Waals surface area contributed by atoms with E-state index >= 15 is 0 Å². The molecule has 2 aromatic heterocycles. The van der Waals surface area contributed by atoms with E-state index in [1.54, 1.807) is 11.2 Å². The van der Waals surface area contributed by atoms with E-state index in [-0.39, 0.29) is 18.0 Å². The molecule has 5 aromatic rings. The predicted molar refractivity (Wildman–Crippen MR) is 226 cm³/mol. The Hall–Kier alpha value is -5.37. The fourth-order valence-corrected chi connectivity index (χ4v) is 9.51. The summed E-state index contributed by atoms with van der Waals surface area (Å²) < 4.78 is 8.13. The van der Waals surface area contributed by atoms with Crippen LogP contribution >= 0.6 is 0 Å². The molecule has 13 nitrogen and oxygen atoms in total. The summed E-state index contributed by atoms with van der Waals surface area (Å²) >= 11 is 0. The number of anilines is 2. The number of urea groups is 1. The van der Waals surface area contributed by atoms with Gasteiger partial charge in [-0.3, -0.25) is 15.0 Å². The monoisotopic (exact) mass is 782 g/mol. The average Bonchev–Trinajstić information content (AvgIpc) is 3.66. The molecule has 4 aliphatic rings. The first kappa shape index (κ1) is 38.2. The van der Waals surface area contributed by atoms with Crippen molar-refractivity contribution in [2.45, 2.75) is 69.4 Å². The summed E-state index contributed by atoms with van der Waals surface area (Å²) in [6.07, 6.45) is 9.98. The van der Waals surface area contributed by atoms with Crippen molar-refractivity contribution in [3.05, 3.63) is 90.8 Å². The van der Waals surface area contributed by atoms with Crippen molar-refractivity contribution in [2.24, 2.45) is 0 Å². The fourth-order valence-electron chi connectivity index (χ4n) is 9.51. The Morgan fingerprint density at radius 2 is 1.36 bits per heavy atom. The second kappa shape index (κ2) is 17.2. The Kier molecular flexibility index (Phi) is 11.3. The summed E-state index contributed by atoms with van der Waals surface area (Å²) in [4.78, 5) is 42.5. The Balaban J connectivity index is 0.712. The van der Waals surface area contributed by atoms with E-state index in [1.165, 1.54) is 57.3 Å². The number of nitrogens with one attached hydrogen (secondary N) is 1. The second-order valence-corrected chi connectivity index (χ2v) is 16.3. The third-order valence-electron chi connectivity index (χ3n) is 12.8. The van der Waals surface area contributed by atoms with Crippen LogP contribution in [-0.2, 0) is 4.79 Å². The van der Waals surface area contributed by atoms with Crippen LogP contribution in [0.2, 0.25) is 0 Å². The molecule has 302 valence electrons. The molecule has 13 heteroatoms. The van der Waals surface area contributed by atoms with Crippen LogP contribution < -0.4 is 20.7 Å². The summed E-state index contributed by atoms with van der Waals surface area (Å²) in [5.41, 5.74) is 11.2. The van der Waals surface area contributed by atoms with Crippen molar-refractivity contribution in [1.29, 1.82) is 0 Å². The number of imide groups is 1. The van der Waals surface area contributed by atoms with Gasteiger partial charge in [-0.2, -0.15) is 5.10 Å². The lowest BCUT2D eigenvalue weighted by atomic mass is 9.89. The summed E-state index contributed by atoms with van der Waals surface area (Å²) in [5.74, 6) is 2.37. The molecule has 3 aromatic carbocycles. The van der Waals surface area contributed by atoms with Gasteiger partial charge in [0.1, 0.15) is 29.3 Å². The van der Waals surface area contributed by atoms with E-state index in [0.717, 1.165) is 85.0 Å². The maximum atomic E-state index is 12.2. The minimum atomic E-state index is -0.328. The highest BCUT2D eigenvalue weighted by Gasteiger charge is 2.31. The van der Waals surface area contributed by atoms with E-state index in [0.29, 0.717) is 30.7 Å². The minimum absolute atomic E-state index is 0.202. The highest BCUT2D eigenvalue weighted by Crippen LogP contribution is 2.36. The van der Waals surface area contributed by atoms with Crippen molar-refractivity contribution in [1.82, 2.24) is 39.8 Å². The van der Waals surface area contributed by atoms with Crippen molar-refractivity contribution in [3.63, 3.8) is 0 Å². The quantitative estimate of drug-likeness (QED) is 0.149. The van der Waals surface area contributed by atoms with Crippen LogP contribution in [0.15, 0.2) is 85.2 Å². The SMILES string of the molecule is Nc1ncnc2c1c(-c1ccc(Oc3ccccc3)cc1)nn2C1CCN(C2CCN(CCCN3CCC(c4ccc(N5CCC(=O)NC5=O)cc4)CC3)CC2)CC1. The Morgan fingerprint density at radius 1 is 0.707 bits per heavy atom. The molecular formula is C45H54N10O3. The molecule has 0 atom stereocenters. The maximum Gasteiger partial charge on any atom is 0.328 e. The van der Waals surface area contributed by atoms with Crippen LogP contribution in [0, 0.1) is 0 Å². The minimum Gasteiger partial charge on any atom is -0.457 e. The Bertz CT molecular complexity index is 2170. The van der Waals surface area contributed by atoms with Gasteiger partial charge in [0.05, 0.1) is 11.4 Å². The summed E-state index contributed by atoms with van der Waals surface area (Å²) in [5, 5.41) is 8.37. The number of likely N-dealkylation sites (tertiary alicyclic amines) is 3. The average molecular weight is 783 g/mol. The highest BCUT2D eigenvalue weighted by atomic mass is 16.5. The molecule has 0 radical (unpaired) electrons. The summed E-state index contributed by atoms with van der Waals surface area (Å²) in [6.45, 7) is 9.53. The van der Waals surface area contributed by atoms with E-state index in [4.69, 9.17) is 15.6 Å². The second-order valence-electron chi connectivity index (χ2n) is 16.3. The number of nitrogens with two attached hydrogens (primary N) is 1. The number of aromatic nitrogens is 4. The number of hydrogen-bond acceptors (Lipinski definition) is 10. The predicted octanol–water partition coefficient (Wildman–Crippen LogP) is 6.69. The molecule has 0 bridgehead atoms. The maximum absolute atomic E-state index is 12.2. The molecule has 4 aliphatic heterocycles. The van der Waals surface area contributed by atoms with Gasteiger partial charge in [-0.1, -0.05) is 30.3 Å². The van der Waals surface area contributed by atoms with Crippen molar-refractivity contribution in [3.8, 4) is 22.8 Å². The number of hydrogen-bond donors (Lipinski definition) is 2. The largest absolute Gasteiger partial charge is 0.457 e. The Labute approximate surface area is 340 Å². The molecule has 6 heterocycles. The van der Waals surface area contributed by atoms with E-state index in [2.05, 4.69) is 46.8 Å². The van der Waals surface area contributed by atoms with Gasteiger partial charge >= 0.3 is 6.03 Å². The number of rotatable bonds is 11. The number of amides is 3. The van der Waals surface area contributed by atoms with Gasteiger partial charge in [0.25, 0.3) is 0 Å². The number of fused-ring (bicyclic) bond motifs is 1. The van der Waals surface area contributed by atoms with Crippen LogP contribution in [0.1, 0.15) is 68.9 Å². The first-order valence-electron chi connectivity index (χ1n) is 21.2. The molecule has 3 N–H and O–H groups in total. The third-order valence-corrected chi connectivity index (χ3v) is 12.8. The topological polar surface area (TPSA) is 138 Å². The van der Waals surface area contributed by atoms with Gasteiger partial charge in [0.15, 0.2) is 5.65 Å². The number of carbonyl (C=O) groups is 2. The van der Waals surface area contributed by atoms with Gasteiger partial charge in [-0.05, 0) is 144 Å². The molecule has 3 amide bonds. The lowest BCUT2D eigenvalue weighted by molar-refractivity contribution is -0.120. The van der Waals surface area contributed by atoms with Gasteiger partial charge in [-0.25, -0.2) is 19.4 Å². The molecule has 9 rings (SSSR count). The van der Waals surface area contributed by atoms with E-state index < -0.39 is 0 Å². The van der Waals surface area contributed by atoms with Gasteiger partial charge in [0, 0.05) is 43.3 Å². The zero-order chi connectivity index (χ0) is 39.4. The van der Waals surface area contributed by atoms with Crippen molar-refractivity contribution < 1.29 is 14.3 Å². The number of para-hydroxylation sites is 1. The van der Waals surface area contributed by atoms with Gasteiger partial charge in [-0.15, -0.1) is 0 Å². The lowest BCUT2D eigenvalue weighted by Gasteiger charge is -2.42. The Morgan fingerprint density at radius 3 is 2.05 bits per heavy atom. The molecular weight excluding hydrogens is 729 g/mol. The number of benzene rings is 3. The first-order chi connectivity index (χ1) is 28.4. The number of nitrogens with zero attached hydrogens (tertiary/aromatic N) is 8. The molecule has 0 aliphatic carbocycles. The lowest BCUT2D eigenvalue weighted by Crippen LogP contribution is -2.49. The van der Waals surface area contributed by atoms with Crippen LogP contribution in [0.3, 0.4) is 0 Å². The zero-order valence-electron chi connectivity index (χ0n) is 33.2. The number of nitrogen functional groups attached to an aromatic ring is 1. The van der Waals surface area contributed by atoms with Gasteiger partial charge < -0.3 is 25.2 Å². The van der Waals surface area contributed by atoms with Crippen molar-refractivity contribution >= 4 is 34.5 Å². The highest BCUT2D eigenvalue weighted by molar-refractivity contribution is 6.05. The number of ether oxygens (including phenoxy) is 1. The normalized spacial score (nSPS) is 19.8. The van der Waals surface area contributed by atoms with Crippen LogP contribution in [0.25, 0.3) is 22.3 Å². The standard InChI is InChI=1S/C45H54N10O3/c46-43-41-42(34-9-13-39(14-10-34)58-38-5-2-1-3-6-38)50-55(44(41)48-31-47-43)37-19-28-53(29-20-37)35-17-26-52(27-18-35)23-4-22-51-24-15-33(16-25-51)32-7-11-36(12-8-32)54-30-21-40(56)49-45(54)57/h1-3,5-14,31,33,35,37H,4,15-30H2,(H2,46,47,48)(H,49,56,57). The molecule has 4 saturated heterocycles. The first-order valence-corrected chi connectivity index (χ1v) is 21.2. The number of piperidine rings is 3. The zero-order valence-corrected chi connectivity index (χ0v) is 33.2. The summed E-state index contributed by atoms with van der Waals surface area (Å²) in [6, 6.07) is 26.8. The molecule has 0 spiro atoms. The van der Waals surface area contributed by atoms with Crippen LogP contribution in [-0.4, -0.2) is 111 Å². The smallest absolute Gasteiger partial charge is 0.328 e. The van der Waals surface area contributed by atoms with Gasteiger partial charge in [0.2, 0.25) is 5.91 Å². The van der Waals surface area contributed by atoms with E-state index in [9.17, 15) is 9.59 Å². The number of carbonyl (C=O) groups excluding carboxylic acids is 2. The molecule has 0 saturated carbocycles. The van der Waals surface area contributed by atoms with Crippen LogP contribution in [0.4, 0.5) is 16.3 Å². The summed E-state index contributed by atoms with van der Waals surface area (Å²) in [7, 11) is 0. The van der Waals surface area contributed by atoms with Crippen molar-refractivity contribution in [2.75, 3.05) is 69.5 Å². The van der Waals surface area contributed by atoms with Crippen LogP contribution in [0.5, 0.6) is 11.5 Å². The molecule has 58 heavy (non-hydrogen) atoms. The fraction of sp³-hybridized carbons (Fsp3) is 0.444. The molecule has 4 fully saturated rings.